The number of benzene rings is 2. The van der Waals surface area contributed by atoms with E-state index in [2.05, 4.69) is 15.1 Å². The third kappa shape index (κ3) is 3.26. The lowest BCUT2D eigenvalue weighted by Crippen LogP contribution is -2.54. The number of nitrogens with zero attached hydrogens (tertiary/aromatic N) is 5. The highest BCUT2D eigenvalue weighted by atomic mass is 19.1. The molecule has 2 aromatic carbocycles. The van der Waals surface area contributed by atoms with E-state index in [0.29, 0.717) is 12.3 Å². The van der Waals surface area contributed by atoms with Crippen molar-refractivity contribution in [3.8, 4) is 11.4 Å². The molecular weight excluding hydrogens is 451 g/mol. The molecule has 0 N–H and O–H groups in total. The minimum atomic E-state index is -0.888. The van der Waals surface area contributed by atoms with Crippen LogP contribution in [-0.2, 0) is 9.53 Å². The first-order valence-corrected chi connectivity index (χ1v) is 10.8. The van der Waals surface area contributed by atoms with Gasteiger partial charge in [0, 0.05) is 12.7 Å². The normalized spacial score (nSPS) is 23.5. The number of ether oxygens (including phenoxy) is 1. The lowest BCUT2D eigenvalue weighted by atomic mass is 10.0. The van der Waals surface area contributed by atoms with Crippen LogP contribution >= 0.6 is 0 Å². The van der Waals surface area contributed by atoms with E-state index in [0.717, 1.165) is 25.0 Å². The number of amides is 1. The molecule has 1 saturated heterocycles. The summed E-state index contributed by atoms with van der Waals surface area (Å²) < 4.78 is 53.4. The number of halogens is 3. The van der Waals surface area contributed by atoms with Gasteiger partial charge in [0.25, 0.3) is 11.8 Å². The molecular formula is C23H18F3N5O3. The first-order chi connectivity index (χ1) is 16.5. The SMILES string of the molecule is O=C1C2C(c3nc(-c4ccc(F)cc4F)no3)N=CN2c2cccc(F)c2N1CC1CCCO1. The average Bonchev–Trinajstić information content (AvgIpc) is 3.57. The largest absolute Gasteiger partial charge is 0.376 e. The molecule has 34 heavy (non-hydrogen) atoms. The molecule has 3 unspecified atom stereocenters. The molecule has 0 spiro atoms. The molecule has 6 rings (SSSR count). The van der Waals surface area contributed by atoms with Crippen molar-refractivity contribution in [2.75, 3.05) is 23.0 Å². The highest BCUT2D eigenvalue weighted by Gasteiger charge is 2.49. The predicted molar refractivity (Wildman–Crippen MR) is 115 cm³/mol. The Hall–Kier alpha value is -3.73. The van der Waals surface area contributed by atoms with Gasteiger partial charge >= 0.3 is 0 Å². The van der Waals surface area contributed by atoms with E-state index in [1.54, 1.807) is 17.0 Å². The summed E-state index contributed by atoms with van der Waals surface area (Å²) in [6.07, 6.45) is 2.90. The first-order valence-electron chi connectivity index (χ1n) is 10.8. The van der Waals surface area contributed by atoms with E-state index in [1.807, 2.05) is 0 Å². The Labute approximate surface area is 191 Å². The predicted octanol–water partition coefficient (Wildman–Crippen LogP) is 3.64. The maximum absolute atomic E-state index is 14.9. The van der Waals surface area contributed by atoms with Crippen LogP contribution in [0.25, 0.3) is 11.4 Å². The van der Waals surface area contributed by atoms with E-state index >= 15 is 0 Å². The summed E-state index contributed by atoms with van der Waals surface area (Å²) in [5, 5.41) is 3.80. The third-order valence-corrected chi connectivity index (χ3v) is 6.26. The van der Waals surface area contributed by atoms with Crippen molar-refractivity contribution in [2.45, 2.75) is 31.0 Å². The second kappa shape index (κ2) is 7.94. The Balaban J connectivity index is 1.36. The molecule has 174 valence electrons. The summed E-state index contributed by atoms with van der Waals surface area (Å²) in [6, 6.07) is 5.82. The van der Waals surface area contributed by atoms with Gasteiger partial charge < -0.3 is 19.1 Å². The zero-order valence-corrected chi connectivity index (χ0v) is 17.7. The van der Waals surface area contributed by atoms with Gasteiger partial charge in [0.1, 0.15) is 29.2 Å². The number of fused-ring (bicyclic) bond motifs is 3. The smallest absolute Gasteiger partial charge is 0.254 e. The number of aromatic nitrogens is 2. The minimum Gasteiger partial charge on any atom is -0.376 e. The highest BCUT2D eigenvalue weighted by Crippen LogP contribution is 2.44. The van der Waals surface area contributed by atoms with Gasteiger partial charge in [-0.05, 0) is 37.1 Å². The van der Waals surface area contributed by atoms with Crippen molar-refractivity contribution in [3.05, 3.63) is 59.7 Å². The van der Waals surface area contributed by atoms with Gasteiger partial charge in [0.05, 0.1) is 30.2 Å². The van der Waals surface area contributed by atoms with Gasteiger partial charge in [-0.3, -0.25) is 9.79 Å². The minimum absolute atomic E-state index is 0.00672. The van der Waals surface area contributed by atoms with Crippen LogP contribution in [0.1, 0.15) is 24.8 Å². The van der Waals surface area contributed by atoms with Crippen LogP contribution in [0, 0.1) is 17.5 Å². The molecule has 1 aromatic heterocycles. The van der Waals surface area contributed by atoms with Gasteiger partial charge in [-0.1, -0.05) is 11.2 Å². The number of hydrogen-bond donors (Lipinski definition) is 0. The van der Waals surface area contributed by atoms with E-state index < -0.39 is 29.5 Å². The molecule has 11 heteroatoms. The van der Waals surface area contributed by atoms with Crippen LogP contribution in [0.5, 0.6) is 0 Å². The van der Waals surface area contributed by atoms with Crippen molar-refractivity contribution in [3.63, 3.8) is 0 Å². The Morgan fingerprint density at radius 3 is 2.79 bits per heavy atom. The van der Waals surface area contributed by atoms with Crippen LogP contribution in [0.4, 0.5) is 24.5 Å². The molecule has 0 saturated carbocycles. The lowest BCUT2D eigenvalue weighted by molar-refractivity contribution is -0.120. The number of rotatable bonds is 4. The Kier molecular flexibility index (Phi) is 4.87. The Morgan fingerprint density at radius 2 is 2.00 bits per heavy atom. The molecule has 0 bridgehead atoms. The van der Waals surface area contributed by atoms with Crippen molar-refractivity contribution in [2.24, 2.45) is 4.99 Å². The first kappa shape index (κ1) is 20.8. The Morgan fingerprint density at radius 1 is 1.12 bits per heavy atom. The molecule has 3 aromatic rings. The maximum atomic E-state index is 14.9. The molecule has 8 nitrogen and oxygen atoms in total. The van der Waals surface area contributed by atoms with Crippen LogP contribution in [0.2, 0.25) is 0 Å². The molecule has 0 radical (unpaired) electrons. The number of carbonyl (C=O) groups is 1. The summed E-state index contributed by atoms with van der Waals surface area (Å²) >= 11 is 0. The van der Waals surface area contributed by atoms with Crippen LogP contribution < -0.4 is 9.80 Å². The van der Waals surface area contributed by atoms with Gasteiger partial charge in [-0.25, -0.2) is 13.2 Å². The fourth-order valence-corrected chi connectivity index (χ4v) is 4.67. The van der Waals surface area contributed by atoms with Crippen molar-refractivity contribution >= 4 is 23.6 Å². The molecule has 1 amide bonds. The third-order valence-electron chi connectivity index (χ3n) is 6.26. The van der Waals surface area contributed by atoms with Crippen LogP contribution in [0.15, 0.2) is 45.9 Å². The van der Waals surface area contributed by atoms with E-state index in [4.69, 9.17) is 9.26 Å². The van der Waals surface area contributed by atoms with Crippen molar-refractivity contribution < 1.29 is 27.2 Å². The monoisotopic (exact) mass is 469 g/mol. The number of anilines is 2. The van der Waals surface area contributed by atoms with E-state index in [1.165, 1.54) is 23.4 Å². The molecule has 3 atom stereocenters. The second-order valence-corrected chi connectivity index (χ2v) is 8.33. The quantitative estimate of drug-likeness (QED) is 0.580. The second-order valence-electron chi connectivity index (χ2n) is 8.33. The number of carbonyl (C=O) groups excluding carboxylic acids is 1. The summed E-state index contributed by atoms with van der Waals surface area (Å²) in [7, 11) is 0. The molecule has 4 heterocycles. The molecule has 3 aliphatic rings. The molecule has 0 aliphatic carbocycles. The summed E-state index contributed by atoms with van der Waals surface area (Å²) in [6.45, 7) is 0.808. The number of para-hydroxylation sites is 1. The van der Waals surface area contributed by atoms with Crippen LogP contribution in [0.3, 0.4) is 0 Å². The van der Waals surface area contributed by atoms with E-state index in [-0.39, 0.29) is 41.5 Å². The maximum Gasteiger partial charge on any atom is 0.254 e. The van der Waals surface area contributed by atoms with Gasteiger partial charge in [-0.15, -0.1) is 0 Å². The van der Waals surface area contributed by atoms with Gasteiger partial charge in [-0.2, -0.15) is 4.98 Å². The number of hydrogen-bond acceptors (Lipinski definition) is 7. The topological polar surface area (TPSA) is 84.1 Å². The lowest BCUT2D eigenvalue weighted by Gasteiger charge is -2.40. The summed E-state index contributed by atoms with van der Waals surface area (Å²) in [5.41, 5.74) is 0.613. The Bertz CT molecular complexity index is 1310. The fraction of sp³-hybridized carbons (Fsp3) is 0.304. The van der Waals surface area contributed by atoms with E-state index in [9.17, 15) is 18.0 Å². The highest BCUT2D eigenvalue weighted by molar-refractivity contribution is 6.12. The summed E-state index contributed by atoms with van der Waals surface area (Å²) in [5.74, 6) is -2.58. The van der Waals surface area contributed by atoms with Crippen molar-refractivity contribution in [1.29, 1.82) is 0 Å². The average molecular weight is 469 g/mol. The zero-order valence-electron chi connectivity index (χ0n) is 17.7. The standard InChI is InChI=1S/C23H18F3N5O3/c24-12-6-7-14(16(26)9-12)21-28-22(34-29-21)18-20-23(32)30(10-13-3-2-8-33-13)19-15(25)4-1-5-17(19)31(20)11-27-18/h1,4-7,9,11,13,18,20H,2-3,8,10H2. The van der Waals surface area contributed by atoms with Gasteiger partial charge in [0.2, 0.25) is 5.82 Å². The fourth-order valence-electron chi connectivity index (χ4n) is 4.67. The van der Waals surface area contributed by atoms with Gasteiger partial charge in [0.15, 0.2) is 6.04 Å². The molecule has 3 aliphatic heterocycles. The zero-order chi connectivity index (χ0) is 23.4. The number of aliphatic imine (C=N–C) groups is 1. The molecule has 1 fully saturated rings. The van der Waals surface area contributed by atoms with Crippen molar-refractivity contribution in [1.82, 2.24) is 10.1 Å². The van der Waals surface area contributed by atoms with Crippen LogP contribution in [-0.4, -0.2) is 47.7 Å². The summed E-state index contributed by atoms with van der Waals surface area (Å²) in [4.78, 5) is 25.3.